The van der Waals surface area contributed by atoms with Gasteiger partial charge in [-0.2, -0.15) is 10.4 Å². The first-order valence-electron chi connectivity index (χ1n) is 6.76. The van der Waals surface area contributed by atoms with Gasteiger partial charge in [-0.3, -0.25) is 9.59 Å². The van der Waals surface area contributed by atoms with Crippen LogP contribution in [0.15, 0.2) is 29.2 Å². The van der Waals surface area contributed by atoms with Crippen LogP contribution in [0.25, 0.3) is 0 Å². The summed E-state index contributed by atoms with van der Waals surface area (Å²) in [6.45, 7) is -0.186. The van der Waals surface area contributed by atoms with Crippen molar-refractivity contribution >= 4 is 28.9 Å². The Morgan fingerprint density at radius 3 is 2.88 bits per heavy atom. The fourth-order valence-electron chi connectivity index (χ4n) is 1.97. The fourth-order valence-corrected chi connectivity index (χ4v) is 2.19. The normalized spacial score (nSPS) is 10.1. The minimum atomic E-state index is -0.613. The van der Waals surface area contributed by atoms with Gasteiger partial charge in [0.2, 0.25) is 5.91 Å². The number of amides is 1. The largest absolute Gasteiger partial charge is 0.363 e. The van der Waals surface area contributed by atoms with Gasteiger partial charge in [0, 0.05) is 14.1 Å². The Hall–Kier alpha value is -2.92. The van der Waals surface area contributed by atoms with E-state index in [4.69, 9.17) is 16.9 Å². The number of likely N-dealkylation sites (N-methyl/N-ethyl adjacent to an activating group) is 1. The lowest BCUT2D eigenvalue weighted by Crippen LogP contribution is -2.31. The molecule has 0 spiro atoms. The van der Waals surface area contributed by atoms with Gasteiger partial charge in [0.25, 0.3) is 5.56 Å². The Kier molecular flexibility index (Phi) is 5.16. The molecule has 0 aliphatic rings. The monoisotopic (exact) mass is 349 g/mol. The molecule has 0 bridgehead atoms. The van der Waals surface area contributed by atoms with E-state index in [0.717, 1.165) is 10.7 Å². The molecule has 1 N–H and O–H groups in total. The van der Waals surface area contributed by atoms with E-state index >= 15 is 0 Å². The van der Waals surface area contributed by atoms with Crippen LogP contribution in [0.4, 0.5) is 15.8 Å². The lowest BCUT2D eigenvalue weighted by Gasteiger charge is -2.19. The Labute approximate surface area is 141 Å². The summed E-state index contributed by atoms with van der Waals surface area (Å²) in [5.74, 6) is -1.11. The molecular weight excluding hydrogens is 337 g/mol. The van der Waals surface area contributed by atoms with Crippen LogP contribution >= 0.6 is 11.6 Å². The third-order valence-corrected chi connectivity index (χ3v) is 3.59. The second kappa shape index (κ2) is 7.10. The first-order valence-corrected chi connectivity index (χ1v) is 7.13. The quantitative estimate of drug-likeness (QED) is 0.903. The molecule has 124 valence electrons. The van der Waals surface area contributed by atoms with Crippen molar-refractivity contribution in [3.8, 4) is 6.07 Å². The van der Waals surface area contributed by atoms with Crippen LogP contribution in [0.2, 0.25) is 5.02 Å². The third kappa shape index (κ3) is 3.70. The number of nitriles is 1. The third-order valence-electron chi connectivity index (χ3n) is 3.22. The van der Waals surface area contributed by atoms with Crippen molar-refractivity contribution in [2.24, 2.45) is 7.05 Å². The topological polar surface area (TPSA) is 91.0 Å². The molecule has 1 aromatic heterocycles. The number of aryl methyl sites for hydroxylation is 1. The molecule has 2 aromatic rings. The van der Waals surface area contributed by atoms with E-state index in [2.05, 4.69) is 10.4 Å². The number of anilines is 2. The summed E-state index contributed by atoms with van der Waals surface area (Å²) in [4.78, 5) is 25.1. The highest BCUT2D eigenvalue weighted by Crippen LogP contribution is 2.20. The van der Waals surface area contributed by atoms with Crippen molar-refractivity contribution in [1.82, 2.24) is 9.78 Å². The van der Waals surface area contributed by atoms with Gasteiger partial charge in [0.15, 0.2) is 0 Å². The van der Waals surface area contributed by atoms with E-state index in [1.807, 2.05) is 6.07 Å². The molecular formula is C15H13ClFN5O2. The van der Waals surface area contributed by atoms with Crippen molar-refractivity contribution in [2.45, 2.75) is 0 Å². The minimum absolute atomic E-state index is 0.0819. The SMILES string of the molecule is CN(CC(=O)Nc1cnn(C)c(=O)c1Cl)c1ccc(C#N)cc1F. The van der Waals surface area contributed by atoms with Gasteiger partial charge < -0.3 is 10.2 Å². The number of nitrogens with zero attached hydrogens (tertiary/aromatic N) is 4. The maximum Gasteiger partial charge on any atom is 0.287 e. The number of rotatable bonds is 4. The van der Waals surface area contributed by atoms with Gasteiger partial charge in [0.1, 0.15) is 10.8 Å². The molecule has 0 unspecified atom stereocenters. The van der Waals surface area contributed by atoms with Crippen LogP contribution in [0.5, 0.6) is 0 Å². The highest BCUT2D eigenvalue weighted by Gasteiger charge is 2.15. The lowest BCUT2D eigenvalue weighted by molar-refractivity contribution is -0.114. The van der Waals surface area contributed by atoms with Crippen molar-refractivity contribution < 1.29 is 9.18 Å². The first-order chi connectivity index (χ1) is 11.3. The number of hydrogen-bond acceptors (Lipinski definition) is 5. The van der Waals surface area contributed by atoms with E-state index in [9.17, 15) is 14.0 Å². The van der Waals surface area contributed by atoms with Gasteiger partial charge in [-0.25, -0.2) is 9.07 Å². The zero-order chi connectivity index (χ0) is 17.9. The summed E-state index contributed by atoms with van der Waals surface area (Å²) in [7, 11) is 2.95. The second-order valence-corrected chi connectivity index (χ2v) is 5.36. The molecule has 0 fully saturated rings. The van der Waals surface area contributed by atoms with Crippen molar-refractivity contribution in [3.63, 3.8) is 0 Å². The van der Waals surface area contributed by atoms with E-state index in [1.54, 1.807) is 0 Å². The Morgan fingerprint density at radius 1 is 1.54 bits per heavy atom. The summed E-state index contributed by atoms with van der Waals surface area (Å²) in [6.07, 6.45) is 1.25. The maximum atomic E-state index is 13.9. The zero-order valence-corrected chi connectivity index (χ0v) is 13.6. The summed E-state index contributed by atoms with van der Waals surface area (Å²) in [5, 5.41) is 14.8. The molecule has 24 heavy (non-hydrogen) atoms. The number of halogens is 2. The maximum absolute atomic E-state index is 13.9. The van der Waals surface area contributed by atoms with Crippen LogP contribution in [0.1, 0.15) is 5.56 Å². The van der Waals surface area contributed by atoms with E-state index in [0.29, 0.717) is 0 Å². The average Bonchev–Trinajstić information content (AvgIpc) is 2.55. The average molecular weight is 350 g/mol. The van der Waals surface area contributed by atoms with Crippen molar-refractivity contribution in [2.75, 3.05) is 23.8 Å². The van der Waals surface area contributed by atoms with Gasteiger partial charge in [-0.05, 0) is 18.2 Å². The fraction of sp³-hybridized carbons (Fsp3) is 0.200. The standard InChI is InChI=1S/C15H13ClFN5O2/c1-21(12-4-3-9(6-18)5-10(12)17)8-13(23)20-11-7-19-22(2)15(24)14(11)16/h3-5,7H,8H2,1-2H3,(H,20,23). The molecule has 1 aromatic carbocycles. The molecule has 7 nitrogen and oxygen atoms in total. The molecule has 9 heteroatoms. The van der Waals surface area contributed by atoms with E-state index in [-0.39, 0.29) is 28.5 Å². The molecule has 0 aliphatic heterocycles. The first kappa shape index (κ1) is 17.4. The smallest absolute Gasteiger partial charge is 0.287 e. The predicted octanol–water partition coefficient (Wildman–Crippen LogP) is 1.52. The number of carbonyl (C=O) groups is 1. The number of hydrogen-bond donors (Lipinski definition) is 1. The molecule has 2 rings (SSSR count). The molecule has 0 aliphatic carbocycles. The van der Waals surface area contributed by atoms with Crippen LogP contribution < -0.4 is 15.8 Å². The van der Waals surface area contributed by atoms with Gasteiger partial charge in [-0.15, -0.1) is 0 Å². The van der Waals surface area contributed by atoms with Crippen molar-refractivity contribution in [3.05, 3.63) is 51.2 Å². The molecule has 1 heterocycles. The zero-order valence-electron chi connectivity index (χ0n) is 12.9. The van der Waals surface area contributed by atoms with Crippen LogP contribution in [-0.2, 0) is 11.8 Å². The highest BCUT2D eigenvalue weighted by atomic mass is 35.5. The van der Waals surface area contributed by atoms with Gasteiger partial charge in [0.05, 0.1) is 35.7 Å². The molecule has 0 saturated carbocycles. The second-order valence-electron chi connectivity index (χ2n) is 4.98. The van der Waals surface area contributed by atoms with Gasteiger partial charge in [-0.1, -0.05) is 11.6 Å². The Morgan fingerprint density at radius 2 is 2.25 bits per heavy atom. The molecule has 0 saturated heterocycles. The molecule has 0 radical (unpaired) electrons. The Bertz CT molecular complexity index is 890. The number of benzene rings is 1. The summed E-state index contributed by atoms with van der Waals surface area (Å²) >= 11 is 5.86. The number of aromatic nitrogens is 2. The highest BCUT2D eigenvalue weighted by molar-refractivity contribution is 6.33. The van der Waals surface area contributed by atoms with Crippen LogP contribution in [0.3, 0.4) is 0 Å². The summed E-state index contributed by atoms with van der Waals surface area (Å²) < 4.78 is 15.0. The Balaban J connectivity index is 2.11. The van der Waals surface area contributed by atoms with Gasteiger partial charge >= 0.3 is 0 Å². The summed E-state index contributed by atoms with van der Waals surface area (Å²) in [6, 6.07) is 5.78. The van der Waals surface area contributed by atoms with Crippen LogP contribution in [-0.4, -0.2) is 29.3 Å². The van der Waals surface area contributed by atoms with E-state index in [1.165, 1.54) is 37.3 Å². The lowest BCUT2D eigenvalue weighted by atomic mass is 10.2. The summed E-state index contributed by atoms with van der Waals surface area (Å²) in [5.41, 5.74) is -0.108. The number of nitrogens with one attached hydrogen (secondary N) is 1. The predicted molar refractivity (Wildman–Crippen MR) is 87.5 cm³/mol. The van der Waals surface area contributed by atoms with Crippen molar-refractivity contribution in [1.29, 1.82) is 5.26 Å². The molecule has 1 amide bonds. The molecule has 0 atom stereocenters. The minimum Gasteiger partial charge on any atom is -0.363 e. The number of carbonyl (C=O) groups excluding carboxylic acids is 1. The van der Waals surface area contributed by atoms with E-state index < -0.39 is 17.3 Å². The van der Waals surface area contributed by atoms with Crippen LogP contribution in [0, 0.1) is 17.1 Å².